The van der Waals surface area contributed by atoms with E-state index in [-0.39, 0.29) is 5.78 Å². The second-order valence-electron chi connectivity index (χ2n) is 6.85. The summed E-state index contributed by atoms with van der Waals surface area (Å²) in [6.07, 6.45) is 6.61. The van der Waals surface area contributed by atoms with Crippen molar-refractivity contribution in [3.63, 3.8) is 0 Å². The second-order valence-corrected chi connectivity index (χ2v) is 6.85. The molecule has 4 nitrogen and oxygen atoms in total. The summed E-state index contributed by atoms with van der Waals surface area (Å²) in [7, 11) is 1.32. The molecule has 0 spiro atoms. The molecule has 0 saturated heterocycles. The van der Waals surface area contributed by atoms with E-state index in [4.69, 9.17) is 0 Å². The molecule has 1 rings (SSSR count). The van der Waals surface area contributed by atoms with Gasteiger partial charge in [0.1, 0.15) is 5.60 Å². The van der Waals surface area contributed by atoms with Crippen LogP contribution in [0.4, 0.5) is 0 Å². The van der Waals surface area contributed by atoms with Crippen molar-refractivity contribution in [1.82, 2.24) is 0 Å². The fraction of sp³-hybridized carbons (Fsp3) is 0.579. The minimum absolute atomic E-state index is 0.120. The molecule has 0 aromatic carbocycles. The topological polar surface area (TPSA) is 63.6 Å². The molecule has 0 aromatic heterocycles. The fourth-order valence-electron chi connectivity index (χ4n) is 3.06. The number of ketones is 1. The van der Waals surface area contributed by atoms with Crippen molar-refractivity contribution < 1.29 is 19.4 Å². The van der Waals surface area contributed by atoms with Gasteiger partial charge >= 0.3 is 5.97 Å². The van der Waals surface area contributed by atoms with E-state index in [1.165, 1.54) is 13.2 Å². The van der Waals surface area contributed by atoms with Gasteiger partial charge in [0.15, 0.2) is 5.78 Å². The van der Waals surface area contributed by atoms with Gasteiger partial charge in [-0.1, -0.05) is 33.3 Å². The highest BCUT2D eigenvalue weighted by Crippen LogP contribution is 2.47. The van der Waals surface area contributed by atoms with Crippen LogP contribution in [-0.4, -0.2) is 29.6 Å². The summed E-state index contributed by atoms with van der Waals surface area (Å²) in [5.41, 5.74) is 0.309. The van der Waals surface area contributed by atoms with Crippen LogP contribution in [0.25, 0.3) is 0 Å². The van der Waals surface area contributed by atoms with E-state index in [0.717, 1.165) is 12.0 Å². The minimum Gasteiger partial charge on any atom is -0.466 e. The standard InChI is InChI=1S/C19H28O4/c1-7-8-15-14(3)19(22,18(4,5)12-16(15)20)10-9-13(2)11-17(21)23-6/h9-11,22H,7-8,12H2,1-6H3/b10-9+,13-11-/t19-/m1/s1. The molecule has 0 saturated carbocycles. The lowest BCUT2D eigenvalue weighted by atomic mass is 9.62. The Bertz CT molecular complexity index is 578. The molecule has 0 radical (unpaired) electrons. The number of hydrogen-bond donors (Lipinski definition) is 1. The first-order valence-corrected chi connectivity index (χ1v) is 8.00. The maximum absolute atomic E-state index is 12.4. The molecular formula is C19H28O4. The van der Waals surface area contributed by atoms with Crippen LogP contribution in [0, 0.1) is 5.41 Å². The number of esters is 1. The van der Waals surface area contributed by atoms with Crippen LogP contribution in [-0.2, 0) is 14.3 Å². The highest BCUT2D eigenvalue weighted by atomic mass is 16.5. The third kappa shape index (κ3) is 3.99. The van der Waals surface area contributed by atoms with Crippen molar-refractivity contribution in [2.24, 2.45) is 5.41 Å². The summed E-state index contributed by atoms with van der Waals surface area (Å²) in [6.45, 7) is 9.39. The molecule has 0 aliphatic heterocycles. The highest BCUT2D eigenvalue weighted by molar-refractivity contribution is 5.98. The largest absolute Gasteiger partial charge is 0.466 e. The monoisotopic (exact) mass is 320 g/mol. The van der Waals surface area contributed by atoms with E-state index in [1.54, 1.807) is 19.1 Å². The van der Waals surface area contributed by atoms with Crippen molar-refractivity contribution in [2.75, 3.05) is 7.11 Å². The Morgan fingerprint density at radius 2 is 2.00 bits per heavy atom. The number of methoxy groups -OCH3 is 1. The Kier molecular flexibility index (Phi) is 6.11. The quantitative estimate of drug-likeness (QED) is 0.478. The number of aliphatic hydroxyl groups is 1. The van der Waals surface area contributed by atoms with Gasteiger partial charge in [0.2, 0.25) is 0 Å². The van der Waals surface area contributed by atoms with Crippen LogP contribution in [0.3, 0.4) is 0 Å². The molecule has 1 N–H and O–H groups in total. The smallest absolute Gasteiger partial charge is 0.330 e. The molecule has 0 bridgehead atoms. The third-order valence-electron chi connectivity index (χ3n) is 4.63. The molecule has 0 aromatic rings. The van der Waals surface area contributed by atoms with E-state index < -0.39 is 17.0 Å². The number of ether oxygens (including phenoxy) is 1. The molecular weight excluding hydrogens is 292 g/mol. The molecule has 128 valence electrons. The predicted octanol–water partition coefficient (Wildman–Crippen LogP) is 3.51. The van der Waals surface area contributed by atoms with Crippen molar-refractivity contribution >= 4 is 11.8 Å². The number of rotatable bonds is 5. The summed E-state index contributed by atoms with van der Waals surface area (Å²) in [4.78, 5) is 23.6. The van der Waals surface area contributed by atoms with Crippen LogP contribution in [0.1, 0.15) is 53.9 Å². The number of allylic oxidation sites excluding steroid dienone is 3. The molecule has 0 heterocycles. The van der Waals surface area contributed by atoms with Crippen LogP contribution < -0.4 is 0 Å². The predicted molar refractivity (Wildman–Crippen MR) is 90.9 cm³/mol. The van der Waals surface area contributed by atoms with Crippen molar-refractivity contribution in [3.05, 3.63) is 34.9 Å². The lowest BCUT2D eigenvalue weighted by Crippen LogP contribution is -2.49. The van der Waals surface area contributed by atoms with E-state index in [1.807, 2.05) is 27.7 Å². The summed E-state index contributed by atoms with van der Waals surface area (Å²) in [6, 6.07) is 0. The van der Waals surface area contributed by atoms with Gasteiger partial charge < -0.3 is 9.84 Å². The van der Waals surface area contributed by atoms with Crippen LogP contribution in [0.5, 0.6) is 0 Å². The van der Waals surface area contributed by atoms with Crippen molar-refractivity contribution in [3.8, 4) is 0 Å². The molecule has 23 heavy (non-hydrogen) atoms. The Labute approximate surface area is 138 Å². The van der Waals surface area contributed by atoms with Gasteiger partial charge in [0, 0.05) is 17.9 Å². The van der Waals surface area contributed by atoms with Gasteiger partial charge in [-0.2, -0.15) is 0 Å². The first-order valence-electron chi connectivity index (χ1n) is 8.00. The summed E-state index contributed by atoms with van der Waals surface area (Å²) >= 11 is 0. The van der Waals surface area contributed by atoms with Gasteiger partial charge in [-0.05, 0) is 43.1 Å². The Morgan fingerprint density at radius 1 is 1.39 bits per heavy atom. The maximum Gasteiger partial charge on any atom is 0.330 e. The van der Waals surface area contributed by atoms with E-state index in [2.05, 4.69) is 4.74 Å². The van der Waals surface area contributed by atoms with Gasteiger partial charge in [0.05, 0.1) is 7.11 Å². The minimum atomic E-state index is -1.21. The molecule has 4 heteroatoms. The second kappa shape index (κ2) is 7.26. The lowest BCUT2D eigenvalue weighted by molar-refractivity contribution is -0.134. The summed E-state index contributed by atoms with van der Waals surface area (Å²) in [5.74, 6) is -0.314. The third-order valence-corrected chi connectivity index (χ3v) is 4.63. The van der Waals surface area contributed by atoms with E-state index in [0.29, 0.717) is 24.0 Å². The normalized spacial score (nSPS) is 25.2. The first-order chi connectivity index (χ1) is 10.6. The van der Waals surface area contributed by atoms with E-state index in [9.17, 15) is 14.7 Å². The van der Waals surface area contributed by atoms with Crippen LogP contribution >= 0.6 is 0 Å². The highest BCUT2D eigenvalue weighted by Gasteiger charge is 2.49. The molecule has 0 fully saturated rings. The average Bonchev–Trinajstić information content (AvgIpc) is 2.47. The number of carbonyl (C=O) groups excluding carboxylic acids is 2. The van der Waals surface area contributed by atoms with Crippen molar-refractivity contribution in [1.29, 1.82) is 0 Å². The summed E-state index contributed by atoms with van der Waals surface area (Å²) < 4.78 is 4.60. The van der Waals surface area contributed by atoms with Gasteiger partial charge in [0.25, 0.3) is 0 Å². The van der Waals surface area contributed by atoms with Crippen LogP contribution in [0.15, 0.2) is 34.9 Å². The zero-order valence-corrected chi connectivity index (χ0v) is 15.0. The van der Waals surface area contributed by atoms with Gasteiger partial charge in [-0.15, -0.1) is 0 Å². The fourth-order valence-corrected chi connectivity index (χ4v) is 3.06. The molecule has 1 aliphatic rings. The molecule has 0 unspecified atom stereocenters. The number of Topliss-reactive ketones (excluding diaryl/α,β-unsaturated/α-hetero) is 1. The van der Waals surface area contributed by atoms with Crippen molar-refractivity contribution in [2.45, 2.75) is 59.5 Å². The SMILES string of the molecule is CCCC1=C(C)[C@](O)(/C=C/C(C)=C\C(=O)OC)C(C)(C)CC1=O. The Morgan fingerprint density at radius 3 is 2.52 bits per heavy atom. The lowest BCUT2D eigenvalue weighted by Gasteiger charge is -2.45. The zero-order valence-electron chi connectivity index (χ0n) is 15.0. The first kappa shape index (κ1) is 19.4. The maximum atomic E-state index is 12.4. The Balaban J connectivity index is 3.29. The zero-order chi connectivity index (χ0) is 17.8. The molecule has 1 aliphatic carbocycles. The van der Waals surface area contributed by atoms with Gasteiger partial charge in [-0.3, -0.25) is 4.79 Å². The van der Waals surface area contributed by atoms with Gasteiger partial charge in [-0.25, -0.2) is 4.79 Å². The molecule has 0 amide bonds. The Hall–Kier alpha value is -1.68. The molecule has 1 atom stereocenters. The number of carbonyl (C=O) groups is 2. The summed E-state index contributed by atoms with van der Waals surface area (Å²) in [5, 5.41) is 11.3. The van der Waals surface area contributed by atoms with E-state index >= 15 is 0 Å². The average molecular weight is 320 g/mol. The number of hydrogen-bond acceptors (Lipinski definition) is 4. The van der Waals surface area contributed by atoms with Crippen LogP contribution in [0.2, 0.25) is 0 Å².